The van der Waals surface area contributed by atoms with Crippen LogP contribution in [0.25, 0.3) is 0 Å². The van der Waals surface area contributed by atoms with E-state index in [0.29, 0.717) is 6.54 Å². The lowest BCUT2D eigenvalue weighted by molar-refractivity contribution is -0.124. The predicted molar refractivity (Wildman–Crippen MR) is 125 cm³/mol. The van der Waals surface area contributed by atoms with Crippen molar-refractivity contribution in [1.29, 1.82) is 0 Å². The summed E-state index contributed by atoms with van der Waals surface area (Å²) in [5, 5.41) is 3.16. The number of hydrogen-bond acceptors (Lipinski definition) is 5. The van der Waals surface area contributed by atoms with E-state index in [4.69, 9.17) is 9.47 Å². The maximum atomic E-state index is 13.3. The van der Waals surface area contributed by atoms with E-state index in [1.54, 1.807) is 14.2 Å². The number of amides is 1. The van der Waals surface area contributed by atoms with Crippen molar-refractivity contribution in [1.82, 2.24) is 10.2 Å². The van der Waals surface area contributed by atoms with Gasteiger partial charge in [-0.3, -0.25) is 9.69 Å². The number of nitrogens with one attached hydrogen (secondary N) is 1. The highest BCUT2D eigenvalue weighted by molar-refractivity contribution is 5.85. The number of ether oxygens (including phenoxy) is 2. The zero-order chi connectivity index (χ0) is 22.4. The molecule has 1 heterocycles. The second-order valence-corrected chi connectivity index (χ2v) is 8.99. The lowest BCUT2D eigenvalue weighted by Gasteiger charge is -2.38. The molecule has 1 fully saturated rings. The van der Waals surface area contributed by atoms with Crippen LogP contribution in [0.4, 0.5) is 5.69 Å². The summed E-state index contributed by atoms with van der Waals surface area (Å²) in [6, 6.07) is 16.0. The Morgan fingerprint density at radius 3 is 2.13 bits per heavy atom. The Bertz CT molecular complexity index is 870. The van der Waals surface area contributed by atoms with Crippen LogP contribution in [0.15, 0.2) is 48.5 Å². The second-order valence-electron chi connectivity index (χ2n) is 8.99. The lowest BCUT2D eigenvalue weighted by Crippen LogP contribution is -2.50. The summed E-state index contributed by atoms with van der Waals surface area (Å²) in [7, 11) is 3.37. The summed E-state index contributed by atoms with van der Waals surface area (Å²) in [6.07, 6.45) is 0. The van der Waals surface area contributed by atoms with Crippen LogP contribution in [0.2, 0.25) is 0 Å². The Balaban J connectivity index is 1.74. The Labute approximate surface area is 186 Å². The molecular formula is C25H35N3O3. The first kappa shape index (κ1) is 22.9. The number of methoxy groups -OCH3 is 2. The van der Waals surface area contributed by atoms with Crippen molar-refractivity contribution >= 4 is 11.6 Å². The molecule has 168 valence electrons. The third-order valence-electron chi connectivity index (χ3n) is 5.57. The number of benzene rings is 2. The molecule has 3 rings (SSSR count). The molecule has 1 amide bonds. The van der Waals surface area contributed by atoms with Gasteiger partial charge in [-0.15, -0.1) is 0 Å². The number of rotatable bonds is 7. The summed E-state index contributed by atoms with van der Waals surface area (Å²) >= 11 is 0. The minimum Gasteiger partial charge on any atom is -0.496 e. The molecule has 1 aliphatic heterocycles. The standard InChI is InChI=1S/C25H35N3O3/c1-25(2,3)26-24(29)20(19-10-6-8-12-22(19)30-4)18-27-14-16-28(17-15-27)21-11-7-9-13-23(21)31-5/h6-13,20H,14-18H2,1-5H3,(H,26,29). The highest BCUT2D eigenvalue weighted by atomic mass is 16.5. The van der Waals surface area contributed by atoms with Crippen molar-refractivity contribution in [3.05, 3.63) is 54.1 Å². The third-order valence-corrected chi connectivity index (χ3v) is 5.57. The smallest absolute Gasteiger partial charge is 0.229 e. The van der Waals surface area contributed by atoms with Crippen molar-refractivity contribution in [2.24, 2.45) is 0 Å². The van der Waals surface area contributed by atoms with Crippen molar-refractivity contribution in [2.45, 2.75) is 32.2 Å². The molecule has 1 saturated heterocycles. The van der Waals surface area contributed by atoms with E-state index in [9.17, 15) is 4.79 Å². The van der Waals surface area contributed by atoms with E-state index in [0.717, 1.165) is 48.9 Å². The molecule has 0 saturated carbocycles. The van der Waals surface area contributed by atoms with E-state index in [2.05, 4.69) is 21.2 Å². The van der Waals surface area contributed by atoms with Gasteiger partial charge in [0.2, 0.25) is 5.91 Å². The number of piperazine rings is 1. The number of carbonyl (C=O) groups is 1. The first-order valence-corrected chi connectivity index (χ1v) is 10.9. The van der Waals surface area contributed by atoms with Crippen LogP contribution in [-0.2, 0) is 4.79 Å². The van der Waals surface area contributed by atoms with Gasteiger partial charge < -0.3 is 19.7 Å². The van der Waals surface area contributed by atoms with Gasteiger partial charge in [-0.25, -0.2) is 0 Å². The molecular weight excluding hydrogens is 390 g/mol. The van der Waals surface area contributed by atoms with Gasteiger partial charge in [-0.2, -0.15) is 0 Å². The van der Waals surface area contributed by atoms with E-state index >= 15 is 0 Å². The van der Waals surface area contributed by atoms with Crippen LogP contribution >= 0.6 is 0 Å². The Kier molecular flexibility index (Phi) is 7.44. The average molecular weight is 426 g/mol. The Hall–Kier alpha value is -2.73. The molecule has 1 unspecified atom stereocenters. The molecule has 0 aliphatic carbocycles. The average Bonchev–Trinajstić information content (AvgIpc) is 2.76. The predicted octanol–water partition coefficient (Wildman–Crippen LogP) is 3.52. The van der Waals surface area contributed by atoms with Crippen molar-refractivity contribution < 1.29 is 14.3 Å². The quantitative estimate of drug-likeness (QED) is 0.736. The zero-order valence-electron chi connectivity index (χ0n) is 19.4. The molecule has 1 atom stereocenters. The summed E-state index contributed by atoms with van der Waals surface area (Å²) < 4.78 is 11.1. The van der Waals surface area contributed by atoms with Gasteiger partial charge >= 0.3 is 0 Å². The minimum atomic E-state index is -0.298. The van der Waals surface area contributed by atoms with Gasteiger partial charge in [0.15, 0.2) is 0 Å². The van der Waals surface area contributed by atoms with Crippen molar-refractivity contribution in [3.63, 3.8) is 0 Å². The van der Waals surface area contributed by atoms with E-state index < -0.39 is 0 Å². The van der Waals surface area contributed by atoms with Crippen LogP contribution in [0.1, 0.15) is 32.3 Å². The third kappa shape index (κ3) is 5.91. The van der Waals surface area contributed by atoms with Gasteiger partial charge in [0.1, 0.15) is 11.5 Å². The summed E-state index contributed by atoms with van der Waals surface area (Å²) in [4.78, 5) is 18.0. The SMILES string of the molecule is COc1ccccc1C(CN1CCN(c2ccccc2OC)CC1)C(=O)NC(C)(C)C. The van der Waals surface area contributed by atoms with E-state index in [1.807, 2.05) is 63.2 Å². The molecule has 31 heavy (non-hydrogen) atoms. The number of anilines is 1. The number of nitrogens with zero attached hydrogens (tertiary/aromatic N) is 2. The molecule has 2 aromatic rings. The minimum absolute atomic E-state index is 0.0316. The monoisotopic (exact) mass is 425 g/mol. The van der Waals surface area contributed by atoms with Crippen molar-refractivity contribution in [3.8, 4) is 11.5 Å². The summed E-state index contributed by atoms with van der Waals surface area (Å²) in [5.41, 5.74) is 1.76. The first-order chi connectivity index (χ1) is 14.8. The normalized spacial score (nSPS) is 16.0. The van der Waals surface area contributed by atoms with Gasteiger partial charge in [0.25, 0.3) is 0 Å². The molecule has 0 aromatic heterocycles. The number of para-hydroxylation sites is 3. The maximum Gasteiger partial charge on any atom is 0.229 e. The van der Waals surface area contributed by atoms with Crippen LogP contribution in [0, 0.1) is 0 Å². The molecule has 0 radical (unpaired) electrons. The van der Waals surface area contributed by atoms with Crippen LogP contribution in [0.5, 0.6) is 11.5 Å². The molecule has 0 bridgehead atoms. The topological polar surface area (TPSA) is 54.0 Å². The maximum absolute atomic E-state index is 13.3. The lowest BCUT2D eigenvalue weighted by atomic mass is 9.94. The van der Waals surface area contributed by atoms with Crippen LogP contribution in [-0.4, -0.2) is 63.3 Å². The molecule has 0 spiro atoms. The van der Waals surface area contributed by atoms with Crippen LogP contribution in [0.3, 0.4) is 0 Å². The largest absolute Gasteiger partial charge is 0.496 e. The fourth-order valence-electron chi connectivity index (χ4n) is 4.05. The van der Waals surface area contributed by atoms with Gasteiger partial charge in [-0.05, 0) is 39.0 Å². The summed E-state index contributed by atoms with van der Waals surface area (Å²) in [6.45, 7) is 10.2. The van der Waals surface area contributed by atoms with Crippen LogP contribution < -0.4 is 19.7 Å². The molecule has 6 heteroatoms. The fraction of sp³-hybridized carbons (Fsp3) is 0.480. The molecule has 6 nitrogen and oxygen atoms in total. The van der Waals surface area contributed by atoms with Gasteiger partial charge in [-0.1, -0.05) is 30.3 Å². The zero-order valence-corrected chi connectivity index (χ0v) is 19.4. The summed E-state index contributed by atoms with van der Waals surface area (Å²) in [5.74, 6) is 1.38. The Morgan fingerprint density at radius 1 is 0.935 bits per heavy atom. The van der Waals surface area contributed by atoms with Crippen molar-refractivity contribution in [2.75, 3.05) is 51.8 Å². The fourth-order valence-corrected chi connectivity index (χ4v) is 4.05. The second kappa shape index (κ2) is 10.1. The number of carbonyl (C=O) groups excluding carboxylic acids is 1. The van der Waals surface area contributed by atoms with Gasteiger partial charge in [0.05, 0.1) is 25.8 Å². The highest BCUT2D eigenvalue weighted by Crippen LogP contribution is 2.31. The molecule has 1 aliphatic rings. The molecule has 1 N–H and O–H groups in total. The molecule has 2 aromatic carbocycles. The highest BCUT2D eigenvalue weighted by Gasteiger charge is 2.30. The van der Waals surface area contributed by atoms with Gasteiger partial charge in [0, 0.05) is 43.8 Å². The number of hydrogen-bond donors (Lipinski definition) is 1. The Morgan fingerprint density at radius 2 is 1.52 bits per heavy atom. The van der Waals surface area contributed by atoms with E-state index in [1.165, 1.54) is 0 Å². The first-order valence-electron chi connectivity index (χ1n) is 10.9. The van der Waals surface area contributed by atoms with E-state index in [-0.39, 0.29) is 17.4 Å².